The number of rotatable bonds is 2. The summed E-state index contributed by atoms with van der Waals surface area (Å²) < 4.78 is -0.425. The van der Waals surface area contributed by atoms with Gasteiger partial charge in [0.25, 0.3) is 0 Å². The van der Waals surface area contributed by atoms with Gasteiger partial charge >= 0.3 is 5.97 Å². The summed E-state index contributed by atoms with van der Waals surface area (Å²) in [4.78, 5) is 10.4. The van der Waals surface area contributed by atoms with E-state index in [2.05, 4.69) is 12.6 Å². The highest BCUT2D eigenvalue weighted by Gasteiger charge is 2.42. The number of hydrogen-bond acceptors (Lipinski definition) is 3. The molecular weight excluding hydrogens is 150 g/mol. The lowest BCUT2D eigenvalue weighted by molar-refractivity contribution is -0.139. The van der Waals surface area contributed by atoms with Gasteiger partial charge in [0.15, 0.2) is 0 Å². The molecule has 4 heteroatoms. The molecule has 1 unspecified atom stereocenters. The number of carboxylic acids is 1. The molecule has 3 N–H and O–H groups in total. The standard InChI is InChI=1S/C6H11NO2S/c7-4(5(8)9)6(10)2-1-3-6/h4,10H,1-3,7H2,(H,8,9). The van der Waals surface area contributed by atoms with Crippen LogP contribution in [-0.2, 0) is 4.79 Å². The summed E-state index contributed by atoms with van der Waals surface area (Å²) in [6.07, 6.45) is 2.69. The molecule has 0 aliphatic heterocycles. The van der Waals surface area contributed by atoms with Crippen molar-refractivity contribution in [3.05, 3.63) is 0 Å². The van der Waals surface area contributed by atoms with Crippen LogP contribution in [0.25, 0.3) is 0 Å². The molecule has 0 radical (unpaired) electrons. The Balaban J connectivity index is 2.54. The molecule has 58 valence electrons. The smallest absolute Gasteiger partial charge is 0.321 e. The molecule has 0 heterocycles. The van der Waals surface area contributed by atoms with Gasteiger partial charge in [-0.05, 0) is 12.8 Å². The van der Waals surface area contributed by atoms with Crippen molar-refractivity contribution in [2.24, 2.45) is 5.73 Å². The second kappa shape index (κ2) is 2.43. The quantitative estimate of drug-likeness (QED) is 0.509. The highest BCUT2D eigenvalue weighted by atomic mass is 32.1. The van der Waals surface area contributed by atoms with Crippen molar-refractivity contribution in [1.82, 2.24) is 0 Å². The Morgan fingerprint density at radius 3 is 2.30 bits per heavy atom. The molecule has 10 heavy (non-hydrogen) atoms. The van der Waals surface area contributed by atoms with Crippen LogP contribution in [-0.4, -0.2) is 21.9 Å². The summed E-state index contributed by atoms with van der Waals surface area (Å²) in [6, 6.07) is -0.801. The predicted molar refractivity (Wildman–Crippen MR) is 41.2 cm³/mol. The zero-order valence-electron chi connectivity index (χ0n) is 5.58. The molecule has 1 rings (SSSR count). The molecule has 1 aliphatic rings. The number of thiol groups is 1. The molecule has 0 aromatic heterocycles. The van der Waals surface area contributed by atoms with Crippen molar-refractivity contribution >= 4 is 18.6 Å². The first-order valence-electron chi connectivity index (χ1n) is 3.27. The number of hydrogen-bond donors (Lipinski definition) is 3. The maximum atomic E-state index is 10.4. The molecule has 0 aromatic carbocycles. The average Bonchev–Trinajstić information content (AvgIpc) is 1.81. The molecule has 1 atom stereocenters. The lowest BCUT2D eigenvalue weighted by Gasteiger charge is -2.39. The van der Waals surface area contributed by atoms with E-state index in [-0.39, 0.29) is 0 Å². The van der Waals surface area contributed by atoms with E-state index < -0.39 is 16.8 Å². The lowest BCUT2D eigenvalue weighted by atomic mass is 9.79. The van der Waals surface area contributed by atoms with E-state index in [0.717, 1.165) is 19.3 Å². The number of aliphatic carboxylic acids is 1. The van der Waals surface area contributed by atoms with Crippen molar-refractivity contribution in [2.45, 2.75) is 30.1 Å². The van der Waals surface area contributed by atoms with Crippen LogP contribution in [0.4, 0.5) is 0 Å². The van der Waals surface area contributed by atoms with Crippen LogP contribution in [0.2, 0.25) is 0 Å². The monoisotopic (exact) mass is 161 g/mol. The van der Waals surface area contributed by atoms with Crippen LogP contribution < -0.4 is 5.73 Å². The first-order valence-corrected chi connectivity index (χ1v) is 3.72. The van der Waals surface area contributed by atoms with Crippen molar-refractivity contribution in [3.63, 3.8) is 0 Å². The van der Waals surface area contributed by atoms with E-state index in [4.69, 9.17) is 10.8 Å². The lowest BCUT2D eigenvalue weighted by Crippen LogP contribution is -2.53. The molecule has 1 aliphatic carbocycles. The summed E-state index contributed by atoms with van der Waals surface area (Å²) in [6.45, 7) is 0. The number of carboxylic acid groups (broad SMARTS) is 1. The second-order valence-electron chi connectivity index (χ2n) is 2.77. The minimum atomic E-state index is -0.949. The van der Waals surface area contributed by atoms with Crippen molar-refractivity contribution < 1.29 is 9.90 Å². The van der Waals surface area contributed by atoms with Gasteiger partial charge in [0.2, 0.25) is 0 Å². The fourth-order valence-corrected chi connectivity index (χ4v) is 1.51. The van der Waals surface area contributed by atoms with Gasteiger partial charge in [-0.2, -0.15) is 12.6 Å². The Morgan fingerprint density at radius 1 is 1.70 bits per heavy atom. The molecule has 3 nitrogen and oxygen atoms in total. The normalized spacial score (nSPS) is 25.0. The van der Waals surface area contributed by atoms with E-state index in [1.165, 1.54) is 0 Å². The van der Waals surface area contributed by atoms with Gasteiger partial charge in [-0.1, -0.05) is 6.42 Å². The van der Waals surface area contributed by atoms with Crippen molar-refractivity contribution in [2.75, 3.05) is 0 Å². The average molecular weight is 161 g/mol. The van der Waals surface area contributed by atoms with Crippen LogP contribution in [0.1, 0.15) is 19.3 Å². The molecule has 0 amide bonds. The summed E-state index contributed by atoms with van der Waals surface area (Å²) in [5.41, 5.74) is 5.38. The fraction of sp³-hybridized carbons (Fsp3) is 0.833. The van der Waals surface area contributed by atoms with Gasteiger partial charge in [-0.25, -0.2) is 0 Å². The van der Waals surface area contributed by atoms with Crippen LogP contribution in [0, 0.1) is 0 Å². The Kier molecular flexibility index (Phi) is 1.92. The summed E-state index contributed by atoms with van der Waals surface area (Å²) in [5, 5.41) is 8.51. The fourth-order valence-electron chi connectivity index (χ4n) is 1.08. The van der Waals surface area contributed by atoms with E-state index in [9.17, 15) is 4.79 Å². The van der Waals surface area contributed by atoms with E-state index in [1.807, 2.05) is 0 Å². The number of carbonyl (C=O) groups is 1. The van der Waals surface area contributed by atoms with Gasteiger partial charge in [-0.15, -0.1) is 0 Å². The van der Waals surface area contributed by atoms with Crippen LogP contribution in [0.15, 0.2) is 0 Å². The largest absolute Gasteiger partial charge is 0.480 e. The van der Waals surface area contributed by atoms with Gasteiger partial charge in [-0.3, -0.25) is 4.79 Å². The first-order chi connectivity index (χ1) is 4.56. The molecule has 0 spiro atoms. The molecule has 1 fully saturated rings. The highest BCUT2D eigenvalue weighted by Crippen LogP contribution is 2.39. The first kappa shape index (κ1) is 7.88. The topological polar surface area (TPSA) is 63.3 Å². The maximum Gasteiger partial charge on any atom is 0.321 e. The van der Waals surface area contributed by atoms with Crippen LogP contribution in [0.3, 0.4) is 0 Å². The number of nitrogens with two attached hydrogens (primary N) is 1. The molecule has 0 bridgehead atoms. The van der Waals surface area contributed by atoms with Crippen LogP contribution >= 0.6 is 12.6 Å². The van der Waals surface area contributed by atoms with Gasteiger partial charge in [0.05, 0.1) is 0 Å². The minimum Gasteiger partial charge on any atom is -0.480 e. The van der Waals surface area contributed by atoms with Gasteiger partial charge in [0.1, 0.15) is 6.04 Å². The third-order valence-electron chi connectivity index (χ3n) is 2.06. The minimum absolute atomic E-state index is 0.425. The molecule has 1 saturated carbocycles. The Morgan fingerprint density at radius 2 is 2.20 bits per heavy atom. The highest BCUT2D eigenvalue weighted by molar-refractivity contribution is 7.82. The Hall–Kier alpha value is -0.220. The Labute approximate surface area is 65.0 Å². The van der Waals surface area contributed by atoms with Gasteiger partial charge in [0, 0.05) is 4.75 Å². The van der Waals surface area contributed by atoms with Crippen LogP contribution in [0.5, 0.6) is 0 Å². The third kappa shape index (κ3) is 1.13. The third-order valence-corrected chi connectivity index (χ3v) is 2.79. The molecule has 0 aromatic rings. The van der Waals surface area contributed by atoms with Crippen molar-refractivity contribution in [1.29, 1.82) is 0 Å². The zero-order valence-corrected chi connectivity index (χ0v) is 6.47. The van der Waals surface area contributed by atoms with E-state index >= 15 is 0 Å². The molecular formula is C6H11NO2S. The van der Waals surface area contributed by atoms with E-state index in [1.54, 1.807) is 0 Å². The summed E-state index contributed by atoms with van der Waals surface area (Å²) >= 11 is 4.20. The predicted octanol–water partition coefficient (Wildman–Crippen LogP) is 0.251. The summed E-state index contributed by atoms with van der Waals surface area (Å²) in [7, 11) is 0. The molecule has 0 saturated heterocycles. The second-order valence-corrected chi connectivity index (χ2v) is 3.66. The zero-order chi connectivity index (χ0) is 7.78. The maximum absolute atomic E-state index is 10.4. The van der Waals surface area contributed by atoms with Gasteiger partial charge < -0.3 is 10.8 Å². The SMILES string of the molecule is NC(C(=O)O)C1(S)CCC1. The Bertz CT molecular complexity index is 156. The van der Waals surface area contributed by atoms with E-state index in [0.29, 0.717) is 0 Å². The summed E-state index contributed by atoms with van der Waals surface area (Å²) in [5.74, 6) is -0.949. The van der Waals surface area contributed by atoms with Crippen molar-refractivity contribution in [3.8, 4) is 0 Å².